The predicted molar refractivity (Wildman–Crippen MR) is 67.9 cm³/mol. The van der Waals surface area contributed by atoms with Crippen LogP contribution in [0.1, 0.15) is 36.9 Å². The van der Waals surface area contributed by atoms with Gasteiger partial charge in [0.25, 0.3) is 0 Å². The molecule has 16 heavy (non-hydrogen) atoms. The van der Waals surface area contributed by atoms with Crippen molar-refractivity contribution in [1.29, 1.82) is 0 Å². The number of hydrogen-bond donors (Lipinski definition) is 1. The Labute approximate surface area is 101 Å². The van der Waals surface area contributed by atoms with E-state index < -0.39 is 5.60 Å². The molecule has 0 amide bonds. The highest BCUT2D eigenvalue weighted by atomic mass is 32.2. The Morgan fingerprint density at radius 1 is 1.31 bits per heavy atom. The van der Waals surface area contributed by atoms with Crippen LogP contribution in [-0.2, 0) is 0 Å². The van der Waals surface area contributed by atoms with Crippen LogP contribution in [0.15, 0.2) is 17.2 Å². The minimum atomic E-state index is -0.440. The molecule has 1 saturated carbocycles. The van der Waals surface area contributed by atoms with Crippen LogP contribution in [0.5, 0.6) is 0 Å². The predicted octanol–water partition coefficient (Wildman–Crippen LogP) is 3.10. The fourth-order valence-electron chi connectivity index (χ4n) is 2.26. The Bertz CT molecular complexity index is 352. The number of pyridine rings is 1. The van der Waals surface area contributed by atoms with Crippen LogP contribution >= 0.6 is 11.8 Å². The Kier molecular flexibility index (Phi) is 3.55. The molecule has 0 aromatic carbocycles. The zero-order valence-corrected chi connectivity index (χ0v) is 10.8. The molecule has 2 nitrogen and oxygen atoms in total. The summed E-state index contributed by atoms with van der Waals surface area (Å²) in [5, 5.41) is 11.3. The molecule has 0 radical (unpaired) electrons. The van der Waals surface area contributed by atoms with Crippen molar-refractivity contribution in [1.82, 2.24) is 4.98 Å². The monoisotopic (exact) mass is 237 g/mol. The number of aliphatic hydroxyl groups is 1. The Hall–Kier alpha value is -0.540. The van der Waals surface area contributed by atoms with Crippen molar-refractivity contribution < 1.29 is 5.11 Å². The van der Waals surface area contributed by atoms with E-state index in [-0.39, 0.29) is 0 Å². The standard InChI is InChI=1S/C13H19NOS/c1-10-7-11(2)14-12(8-10)16-9-13(15)5-3-4-6-13/h7-8,15H,3-6,9H2,1-2H3. The number of thioether (sulfide) groups is 1. The van der Waals surface area contributed by atoms with Gasteiger partial charge in [-0.3, -0.25) is 0 Å². The first-order valence-electron chi connectivity index (χ1n) is 5.88. The lowest BCUT2D eigenvalue weighted by Gasteiger charge is -2.21. The van der Waals surface area contributed by atoms with Crippen molar-refractivity contribution in [3.8, 4) is 0 Å². The maximum Gasteiger partial charge on any atom is 0.0966 e. The molecule has 88 valence electrons. The van der Waals surface area contributed by atoms with E-state index in [4.69, 9.17) is 0 Å². The van der Waals surface area contributed by atoms with E-state index in [0.29, 0.717) is 0 Å². The molecule has 1 aromatic heterocycles. The van der Waals surface area contributed by atoms with Crippen molar-refractivity contribution in [2.45, 2.75) is 50.2 Å². The Balaban J connectivity index is 1.98. The summed E-state index contributed by atoms with van der Waals surface area (Å²) in [6.07, 6.45) is 4.23. The number of nitrogens with zero attached hydrogens (tertiary/aromatic N) is 1. The van der Waals surface area contributed by atoms with Gasteiger partial charge in [0, 0.05) is 11.4 Å². The van der Waals surface area contributed by atoms with E-state index in [2.05, 4.69) is 24.0 Å². The molecule has 0 spiro atoms. The van der Waals surface area contributed by atoms with Crippen LogP contribution in [-0.4, -0.2) is 21.4 Å². The second-order valence-electron chi connectivity index (χ2n) is 4.84. The van der Waals surface area contributed by atoms with Crippen LogP contribution < -0.4 is 0 Å². The van der Waals surface area contributed by atoms with Crippen molar-refractivity contribution >= 4 is 11.8 Å². The molecule has 3 heteroatoms. The second kappa shape index (κ2) is 4.76. The van der Waals surface area contributed by atoms with Crippen molar-refractivity contribution in [3.05, 3.63) is 23.4 Å². The minimum absolute atomic E-state index is 0.440. The number of rotatable bonds is 3. The van der Waals surface area contributed by atoms with Crippen molar-refractivity contribution in [2.75, 3.05) is 5.75 Å². The lowest BCUT2D eigenvalue weighted by atomic mass is 10.1. The summed E-state index contributed by atoms with van der Waals surface area (Å²) in [6, 6.07) is 4.17. The van der Waals surface area contributed by atoms with E-state index in [9.17, 15) is 5.11 Å². The summed E-state index contributed by atoms with van der Waals surface area (Å²) in [5.74, 6) is 0.781. The molecule has 1 aliphatic rings. The summed E-state index contributed by atoms with van der Waals surface area (Å²) >= 11 is 1.68. The molecule has 2 rings (SSSR count). The SMILES string of the molecule is Cc1cc(C)nc(SCC2(O)CCCC2)c1. The first kappa shape index (κ1) is 11.9. The normalized spacial score (nSPS) is 18.9. The number of aryl methyl sites for hydroxylation is 2. The van der Waals surface area contributed by atoms with Crippen molar-refractivity contribution in [3.63, 3.8) is 0 Å². The molecule has 0 atom stereocenters. The molecule has 0 saturated heterocycles. The van der Waals surface area contributed by atoms with Gasteiger partial charge in [-0.2, -0.15) is 0 Å². The smallest absolute Gasteiger partial charge is 0.0966 e. The van der Waals surface area contributed by atoms with Crippen LogP contribution in [0.25, 0.3) is 0 Å². The first-order valence-corrected chi connectivity index (χ1v) is 6.86. The van der Waals surface area contributed by atoms with E-state index in [0.717, 1.165) is 42.2 Å². The molecule has 0 unspecified atom stereocenters. The van der Waals surface area contributed by atoms with E-state index in [1.54, 1.807) is 11.8 Å². The van der Waals surface area contributed by atoms with E-state index in [1.807, 2.05) is 6.92 Å². The number of aromatic nitrogens is 1. The van der Waals surface area contributed by atoms with E-state index in [1.165, 1.54) is 5.56 Å². The maximum atomic E-state index is 10.2. The molecule has 1 heterocycles. The molecule has 1 fully saturated rings. The molecular formula is C13H19NOS. The van der Waals surface area contributed by atoms with Gasteiger partial charge in [-0.15, -0.1) is 11.8 Å². The fourth-order valence-corrected chi connectivity index (χ4v) is 3.45. The lowest BCUT2D eigenvalue weighted by Crippen LogP contribution is -2.27. The summed E-state index contributed by atoms with van der Waals surface area (Å²) < 4.78 is 0. The Morgan fingerprint density at radius 2 is 2.00 bits per heavy atom. The van der Waals surface area contributed by atoms with Gasteiger partial charge in [-0.1, -0.05) is 12.8 Å². The maximum absolute atomic E-state index is 10.2. The summed E-state index contributed by atoms with van der Waals surface area (Å²) in [7, 11) is 0. The highest BCUT2D eigenvalue weighted by Gasteiger charge is 2.31. The zero-order chi connectivity index (χ0) is 11.6. The lowest BCUT2D eigenvalue weighted by molar-refractivity contribution is 0.0732. The molecule has 0 aliphatic heterocycles. The fraction of sp³-hybridized carbons (Fsp3) is 0.615. The highest BCUT2D eigenvalue weighted by molar-refractivity contribution is 7.99. The summed E-state index contributed by atoms with van der Waals surface area (Å²) in [6.45, 7) is 4.10. The van der Waals surface area contributed by atoms with Gasteiger partial charge in [-0.25, -0.2) is 4.98 Å². The third-order valence-electron chi connectivity index (χ3n) is 3.10. The van der Waals surface area contributed by atoms with Gasteiger partial charge in [0.1, 0.15) is 0 Å². The zero-order valence-electron chi connectivity index (χ0n) is 9.99. The van der Waals surface area contributed by atoms with Gasteiger partial charge in [0.15, 0.2) is 0 Å². The summed E-state index contributed by atoms with van der Waals surface area (Å²) in [5.41, 5.74) is 1.86. The molecule has 0 bridgehead atoms. The topological polar surface area (TPSA) is 33.1 Å². The quantitative estimate of drug-likeness (QED) is 0.820. The third kappa shape index (κ3) is 2.98. The van der Waals surface area contributed by atoms with Gasteiger partial charge < -0.3 is 5.11 Å². The average Bonchev–Trinajstić information content (AvgIpc) is 2.62. The minimum Gasteiger partial charge on any atom is -0.389 e. The second-order valence-corrected chi connectivity index (χ2v) is 5.84. The van der Waals surface area contributed by atoms with Crippen LogP contribution in [0.2, 0.25) is 0 Å². The number of hydrogen-bond acceptors (Lipinski definition) is 3. The third-order valence-corrected chi connectivity index (χ3v) is 4.28. The van der Waals surface area contributed by atoms with Crippen LogP contribution in [0, 0.1) is 13.8 Å². The summed E-state index contributed by atoms with van der Waals surface area (Å²) in [4.78, 5) is 4.48. The van der Waals surface area contributed by atoms with Gasteiger partial charge >= 0.3 is 0 Å². The molecule has 1 N–H and O–H groups in total. The first-order chi connectivity index (χ1) is 7.57. The van der Waals surface area contributed by atoms with Crippen molar-refractivity contribution in [2.24, 2.45) is 0 Å². The van der Waals surface area contributed by atoms with Gasteiger partial charge in [0.05, 0.1) is 10.6 Å². The Morgan fingerprint density at radius 3 is 2.62 bits per heavy atom. The van der Waals surface area contributed by atoms with E-state index >= 15 is 0 Å². The largest absolute Gasteiger partial charge is 0.389 e. The van der Waals surface area contributed by atoms with Crippen LogP contribution in [0.4, 0.5) is 0 Å². The van der Waals surface area contributed by atoms with Gasteiger partial charge in [0.2, 0.25) is 0 Å². The highest BCUT2D eigenvalue weighted by Crippen LogP contribution is 2.34. The molecular weight excluding hydrogens is 218 g/mol. The molecule has 1 aromatic rings. The van der Waals surface area contributed by atoms with Gasteiger partial charge in [-0.05, 0) is 44.4 Å². The van der Waals surface area contributed by atoms with Crippen LogP contribution in [0.3, 0.4) is 0 Å². The average molecular weight is 237 g/mol. The molecule has 1 aliphatic carbocycles.